The van der Waals surface area contributed by atoms with Crippen LogP contribution >= 0.6 is 0 Å². The van der Waals surface area contributed by atoms with Gasteiger partial charge in [-0.15, -0.1) is 0 Å². The van der Waals surface area contributed by atoms with Crippen LogP contribution in [-0.4, -0.2) is 132 Å². The summed E-state index contributed by atoms with van der Waals surface area (Å²) in [6.45, 7) is 12.7. The fourth-order valence-corrected chi connectivity index (χ4v) is 10.1. The summed E-state index contributed by atoms with van der Waals surface area (Å²) < 4.78 is 29.4. The van der Waals surface area contributed by atoms with Crippen molar-refractivity contribution in [3.63, 3.8) is 0 Å². The van der Waals surface area contributed by atoms with Gasteiger partial charge in [0.15, 0.2) is 5.78 Å². The third-order valence-electron chi connectivity index (χ3n) is 14.5. The molecule has 3 N–H and O–H groups in total. The number of Topliss-reactive ketones (excluding diaryl/α,β-unsaturated/α-hetero) is 3. The number of allylic oxidation sites excluding steroid dienone is 6. The Kier molecular flexibility index (Phi) is 21.0. The van der Waals surface area contributed by atoms with E-state index < -0.39 is 83.9 Å². The number of fused-ring (bicyclic) bond motifs is 3. The molecule has 3 fully saturated rings. The van der Waals surface area contributed by atoms with Crippen molar-refractivity contribution >= 4 is 29.2 Å². The molecule has 4 aliphatic rings. The number of ether oxygens (including phenoxy) is 5. The molecule has 2 bridgehead atoms. The lowest BCUT2D eigenvalue weighted by Gasteiger charge is -2.42. The first-order valence-electron chi connectivity index (χ1n) is 23.9. The summed E-state index contributed by atoms with van der Waals surface area (Å²) in [6.07, 6.45) is 11.2. The van der Waals surface area contributed by atoms with Crippen molar-refractivity contribution < 1.29 is 63.0 Å². The number of hydrogen-bond donors (Lipinski definition) is 3. The number of carbonyl (C=O) groups excluding carboxylic acids is 5. The highest BCUT2D eigenvalue weighted by atomic mass is 16.6. The molecule has 65 heavy (non-hydrogen) atoms. The van der Waals surface area contributed by atoms with Gasteiger partial charge in [0.25, 0.3) is 11.7 Å². The second kappa shape index (κ2) is 25.1. The van der Waals surface area contributed by atoms with Crippen LogP contribution in [0.25, 0.3) is 0 Å². The maximum absolute atomic E-state index is 14.4. The Labute approximate surface area is 387 Å². The number of esters is 1. The van der Waals surface area contributed by atoms with Gasteiger partial charge in [-0.2, -0.15) is 0 Å². The van der Waals surface area contributed by atoms with Crippen molar-refractivity contribution in [2.45, 2.75) is 180 Å². The minimum Gasteiger partial charge on any atom is -0.460 e. The highest BCUT2D eigenvalue weighted by Crippen LogP contribution is 2.38. The maximum Gasteiger partial charge on any atom is 0.329 e. The number of aliphatic hydroxyl groups excluding tert-OH is 2. The number of piperidine rings is 1. The lowest BCUT2D eigenvalue weighted by Crippen LogP contribution is -2.61. The van der Waals surface area contributed by atoms with Gasteiger partial charge in [0, 0.05) is 58.5 Å². The second-order valence-electron chi connectivity index (χ2n) is 19.6. The van der Waals surface area contributed by atoms with Crippen LogP contribution in [0.2, 0.25) is 0 Å². The number of carbonyl (C=O) groups is 5. The van der Waals surface area contributed by atoms with Gasteiger partial charge in [-0.05, 0) is 107 Å². The van der Waals surface area contributed by atoms with Crippen LogP contribution in [-0.2, 0) is 47.7 Å². The third kappa shape index (κ3) is 14.3. The van der Waals surface area contributed by atoms with Crippen molar-refractivity contribution in [1.82, 2.24) is 4.90 Å². The molecule has 1 amide bonds. The number of rotatable bonds is 6. The highest BCUT2D eigenvalue weighted by molar-refractivity contribution is 6.39. The molecule has 14 heteroatoms. The summed E-state index contributed by atoms with van der Waals surface area (Å²) in [5, 5.41) is 33.8. The van der Waals surface area contributed by atoms with E-state index in [0.29, 0.717) is 63.4 Å². The fourth-order valence-electron chi connectivity index (χ4n) is 10.1. The molecule has 366 valence electrons. The van der Waals surface area contributed by atoms with E-state index in [1.165, 1.54) is 12.0 Å². The van der Waals surface area contributed by atoms with Gasteiger partial charge in [-0.1, -0.05) is 71.1 Å². The molecular formula is C51H79NO13. The van der Waals surface area contributed by atoms with Gasteiger partial charge in [-0.3, -0.25) is 19.2 Å². The first kappa shape index (κ1) is 54.2. The van der Waals surface area contributed by atoms with Gasteiger partial charge in [0.05, 0.1) is 24.4 Å². The van der Waals surface area contributed by atoms with Crippen molar-refractivity contribution in [3.8, 4) is 0 Å². The Balaban J connectivity index is 1.70. The molecule has 14 nitrogen and oxygen atoms in total. The molecule has 0 aromatic rings. The molecule has 0 spiro atoms. The predicted molar refractivity (Wildman–Crippen MR) is 245 cm³/mol. The predicted octanol–water partition coefficient (Wildman–Crippen LogP) is 6.18. The Morgan fingerprint density at radius 1 is 0.846 bits per heavy atom. The lowest BCUT2D eigenvalue weighted by atomic mass is 9.78. The van der Waals surface area contributed by atoms with Crippen LogP contribution in [0.4, 0.5) is 0 Å². The van der Waals surface area contributed by atoms with Crippen molar-refractivity contribution in [3.05, 3.63) is 47.6 Å². The minimum absolute atomic E-state index is 0.0193. The van der Waals surface area contributed by atoms with Crippen molar-refractivity contribution in [1.29, 1.82) is 0 Å². The number of ketones is 3. The van der Waals surface area contributed by atoms with E-state index in [9.17, 15) is 39.3 Å². The summed E-state index contributed by atoms with van der Waals surface area (Å²) in [5.41, 5.74) is 1.27. The zero-order valence-electron chi connectivity index (χ0n) is 40.6. The average Bonchev–Trinajstić information content (AvgIpc) is 3.28. The quantitative estimate of drug-likeness (QED) is 0.156. The molecule has 1 saturated carbocycles. The van der Waals surface area contributed by atoms with Crippen LogP contribution < -0.4 is 0 Å². The van der Waals surface area contributed by atoms with E-state index in [1.807, 2.05) is 58.1 Å². The largest absolute Gasteiger partial charge is 0.460 e. The van der Waals surface area contributed by atoms with E-state index in [1.54, 1.807) is 41.1 Å². The van der Waals surface area contributed by atoms with E-state index in [2.05, 4.69) is 0 Å². The van der Waals surface area contributed by atoms with Crippen molar-refractivity contribution in [2.24, 2.45) is 35.5 Å². The first-order valence-corrected chi connectivity index (χ1v) is 23.9. The van der Waals surface area contributed by atoms with Crippen LogP contribution in [0.15, 0.2) is 47.6 Å². The fraction of sp³-hybridized carbons (Fsp3) is 0.745. The summed E-state index contributed by atoms with van der Waals surface area (Å²) in [7, 11) is 4.52. The summed E-state index contributed by atoms with van der Waals surface area (Å²) >= 11 is 0. The molecule has 1 aliphatic carbocycles. The van der Waals surface area contributed by atoms with Crippen LogP contribution in [0.3, 0.4) is 0 Å². The third-order valence-corrected chi connectivity index (χ3v) is 14.5. The van der Waals surface area contributed by atoms with E-state index in [4.69, 9.17) is 23.7 Å². The Hall–Kier alpha value is -3.37. The molecule has 3 heterocycles. The molecule has 3 unspecified atom stereocenters. The van der Waals surface area contributed by atoms with Crippen LogP contribution in [0.1, 0.15) is 126 Å². The lowest BCUT2D eigenvalue weighted by molar-refractivity contribution is -0.265. The molecule has 0 aromatic carbocycles. The molecule has 0 aromatic heterocycles. The summed E-state index contributed by atoms with van der Waals surface area (Å²) in [5.74, 6) is -7.96. The number of cyclic esters (lactones) is 1. The first-order chi connectivity index (χ1) is 30.7. The molecule has 4 rings (SSSR count). The van der Waals surface area contributed by atoms with E-state index in [0.717, 1.165) is 12.0 Å². The van der Waals surface area contributed by atoms with Gasteiger partial charge in [0.1, 0.15) is 30.1 Å². The smallest absolute Gasteiger partial charge is 0.329 e. The normalized spacial score (nSPS) is 39.1. The number of hydrogen-bond acceptors (Lipinski definition) is 13. The van der Waals surface area contributed by atoms with Gasteiger partial charge < -0.3 is 43.9 Å². The van der Waals surface area contributed by atoms with Crippen LogP contribution in [0, 0.1) is 35.5 Å². The molecule has 15 atom stereocenters. The minimum atomic E-state index is -2.43. The zero-order valence-corrected chi connectivity index (χ0v) is 40.6. The average molecular weight is 914 g/mol. The summed E-state index contributed by atoms with van der Waals surface area (Å²) in [4.78, 5) is 71.8. The maximum atomic E-state index is 14.4. The number of nitrogens with zero attached hydrogens (tertiary/aromatic N) is 1. The Morgan fingerprint density at radius 3 is 2.25 bits per heavy atom. The summed E-state index contributed by atoms with van der Waals surface area (Å²) in [6, 6.07) is -1.14. The number of amides is 1. The number of aliphatic hydroxyl groups is 3. The second-order valence-corrected chi connectivity index (χ2v) is 19.6. The standard InChI is InChI=1S/C51H79NO13/c1-30-16-12-11-13-17-31(2)42(61-8)28-38-21-19-36(7)51(60,65-38)48(57)49(58)52-23-15-14-18-39(52)50(59)64-43(33(4)26-37-20-22-40(53)44(27-37)62-9)29-41(54)32(3)25-35(6)46(56)47(63-10)45(55)34(5)24-30/h11-13,16-17,25,30,32-34,36-40,42-44,46-47,53,56,60H,14-15,18-24,26-29H2,1-10H3/b13-11?,16-12-,31-17?,35-25+/t30-,32-,33-,34-,36-,37+,38?,39?,40-,42+,43?,44-,46-,47+,51-/m1/s1. The van der Waals surface area contributed by atoms with Gasteiger partial charge >= 0.3 is 5.97 Å². The van der Waals surface area contributed by atoms with Gasteiger partial charge in [0.2, 0.25) is 5.79 Å². The van der Waals surface area contributed by atoms with E-state index in [-0.39, 0.29) is 54.8 Å². The Morgan fingerprint density at radius 2 is 1.57 bits per heavy atom. The Bertz CT molecular complexity index is 1760. The molecule has 2 saturated heterocycles. The van der Waals surface area contributed by atoms with Crippen LogP contribution in [0.5, 0.6) is 0 Å². The van der Waals surface area contributed by atoms with Gasteiger partial charge in [-0.25, -0.2) is 4.79 Å². The zero-order chi connectivity index (χ0) is 48.2. The van der Waals surface area contributed by atoms with E-state index >= 15 is 0 Å². The number of methoxy groups -OCH3 is 3. The van der Waals surface area contributed by atoms with Crippen molar-refractivity contribution in [2.75, 3.05) is 27.9 Å². The molecule has 0 radical (unpaired) electrons. The topological polar surface area (TPSA) is 195 Å². The monoisotopic (exact) mass is 914 g/mol. The SMILES string of the molecule is CO[C@H]1CC2CC[C@@H](C)[C@@](O)(O2)C(=O)C(=O)N2CCCCC2C(=O)OC([C@H](C)C[C@@H]2CC[C@@H](O)[C@H](OC)C2)CC(=O)[C@H](C)/C=C(\C)[C@@H](O)[C@@H](OC)C(=O)[C@H](C)C[C@H](C)/C=C\C=CC=C1C. The molecule has 3 aliphatic heterocycles. The molecular weight excluding hydrogens is 835 g/mol. The highest BCUT2D eigenvalue weighted by Gasteiger charge is 2.53.